The molecule has 5 heteroatoms. The number of benzene rings is 1. The van der Waals surface area contributed by atoms with Gasteiger partial charge in [-0.25, -0.2) is 12.7 Å². The second-order valence-corrected chi connectivity index (χ2v) is 7.62. The highest BCUT2D eigenvalue weighted by molar-refractivity contribution is 7.88. The molecule has 20 heavy (non-hydrogen) atoms. The largest absolute Gasteiger partial charge is 0.317 e. The van der Waals surface area contributed by atoms with Gasteiger partial charge in [0.15, 0.2) is 0 Å². The fraction of sp³-hybridized carbons (Fsp3) is 0.600. The van der Waals surface area contributed by atoms with Gasteiger partial charge in [-0.1, -0.05) is 30.3 Å². The van der Waals surface area contributed by atoms with Crippen LogP contribution in [0.4, 0.5) is 0 Å². The molecular formula is C15H24N2O2S. The third-order valence-electron chi connectivity index (χ3n) is 3.98. The van der Waals surface area contributed by atoms with Crippen molar-refractivity contribution in [2.75, 3.05) is 26.7 Å². The molecule has 1 aliphatic heterocycles. The van der Waals surface area contributed by atoms with E-state index < -0.39 is 10.0 Å². The molecule has 0 atom stereocenters. The molecule has 1 fully saturated rings. The summed E-state index contributed by atoms with van der Waals surface area (Å²) in [5.41, 5.74) is 0.848. The standard InChI is InChI=1S/C15H24N2O2S/c1-17(12-9-14-7-10-16-11-8-14)20(18,19)13-15-5-3-2-4-6-15/h2-6,14,16H,7-13H2,1H3. The summed E-state index contributed by atoms with van der Waals surface area (Å²) in [7, 11) is -1.50. The lowest BCUT2D eigenvalue weighted by atomic mass is 9.95. The molecule has 1 N–H and O–H groups in total. The molecule has 1 heterocycles. The maximum absolute atomic E-state index is 12.3. The lowest BCUT2D eigenvalue weighted by Gasteiger charge is -2.25. The first-order valence-electron chi connectivity index (χ1n) is 7.26. The summed E-state index contributed by atoms with van der Waals surface area (Å²) >= 11 is 0. The normalized spacial score (nSPS) is 17.5. The average Bonchev–Trinajstić information content (AvgIpc) is 2.46. The number of sulfonamides is 1. The van der Waals surface area contributed by atoms with Crippen molar-refractivity contribution >= 4 is 10.0 Å². The van der Waals surface area contributed by atoms with Crippen LogP contribution in [0.3, 0.4) is 0 Å². The molecule has 1 aromatic rings. The second kappa shape index (κ2) is 7.20. The highest BCUT2D eigenvalue weighted by atomic mass is 32.2. The van der Waals surface area contributed by atoms with Crippen molar-refractivity contribution in [3.63, 3.8) is 0 Å². The van der Waals surface area contributed by atoms with Gasteiger partial charge in [0.1, 0.15) is 0 Å². The van der Waals surface area contributed by atoms with Gasteiger partial charge in [0.05, 0.1) is 5.75 Å². The predicted molar refractivity (Wildman–Crippen MR) is 81.9 cm³/mol. The number of rotatable bonds is 6. The summed E-state index contributed by atoms with van der Waals surface area (Å²) < 4.78 is 26.1. The van der Waals surface area contributed by atoms with Gasteiger partial charge < -0.3 is 5.32 Å². The highest BCUT2D eigenvalue weighted by Gasteiger charge is 2.20. The van der Waals surface area contributed by atoms with Crippen LogP contribution in [-0.4, -0.2) is 39.4 Å². The van der Waals surface area contributed by atoms with Crippen molar-refractivity contribution in [1.29, 1.82) is 0 Å². The van der Waals surface area contributed by atoms with E-state index in [1.165, 1.54) is 4.31 Å². The molecule has 1 saturated heterocycles. The summed E-state index contributed by atoms with van der Waals surface area (Å²) in [5.74, 6) is 0.752. The Bertz CT molecular complexity index is 496. The molecule has 0 bridgehead atoms. The maximum Gasteiger partial charge on any atom is 0.218 e. The summed E-state index contributed by atoms with van der Waals surface area (Å²) in [5, 5.41) is 3.33. The molecule has 1 aliphatic rings. The van der Waals surface area contributed by atoms with Gasteiger partial charge in [-0.05, 0) is 43.8 Å². The molecule has 0 radical (unpaired) electrons. The smallest absolute Gasteiger partial charge is 0.218 e. The molecule has 0 amide bonds. The Morgan fingerprint density at radius 2 is 1.85 bits per heavy atom. The van der Waals surface area contributed by atoms with Crippen LogP contribution in [0, 0.1) is 5.92 Å². The quantitative estimate of drug-likeness (QED) is 0.871. The monoisotopic (exact) mass is 296 g/mol. The fourth-order valence-corrected chi connectivity index (χ4v) is 3.79. The molecule has 0 saturated carbocycles. The third kappa shape index (κ3) is 4.58. The Labute approximate surface area is 122 Å². The van der Waals surface area contributed by atoms with Crippen molar-refractivity contribution in [2.24, 2.45) is 5.92 Å². The van der Waals surface area contributed by atoms with Crippen LogP contribution in [0.2, 0.25) is 0 Å². The van der Waals surface area contributed by atoms with Crippen molar-refractivity contribution in [1.82, 2.24) is 9.62 Å². The average molecular weight is 296 g/mol. The lowest BCUT2D eigenvalue weighted by molar-refractivity contribution is 0.326. The fourth-order valence-electron chi connectivity index (χ4n) is 2.57. The Balaban J connectivity index is 1.85. The van der Waals surface area contributed by atoms with E-state index in [1.807, 2.05) is 30.3 Å². The summed E-state index contributed by atoms with van der Waals surface area (Å²) in [4.78, 5) is 0. The molecule has 112 valence electrons. The zero-order valence-electron chi connectivity index (χ0n) is 12.1. The zero-order chi connectivity index (χ0) is 14.4. The minimum atomic E-state index is -3.20. The molecule has 0 spiro atoms. The first-order valence-corrected chi connectivity index (χ1v) is 8.87. The van der Waals surface area contributed by atoms with E-state index in [9.17, 15) is 8.42 Å². The van der Waals surface area contributed by atoms with E-state index in [-0.39, 0.29) is 5.75 Å². The van der Waals surface area contributed by atoms with Gasteiger partial charge >= 0.3 is 0 Å². The Morgan fingerprint density at radius 1 is 1.20 bits per heavy atom. The van der Waals surface area contributed by atoms with Crippen molar-refractivity contribution in [3.05, 3.63) is 35.9 Å². The molecular weight excluding hydrogens is 272 g/mol. The van der Waals surface area contributed by atoms with E-state index in [1.54, 1.807) is 7.05 Å². The van der Waals surface area contributed by atoms with E-state index in [0.29, 0.717) is 12.5 Å². The van der Waals surface area contributed by atoms with Crippen LogP contribution >= 0.6 is 0 Å². The van der Waals surface area contributed by atoms with Gasteiger partial charge in [0, 0.05) is 13.6 Å². The van der Waals surface area contributed by atoms with Crippen molar-refractivity contribution < 1.29 is 8.42 Å². The maximum atomic E-state index is 12.3. The van der Waals surface area contributed by atoms with Crippen LogP contribution in [0.1, 0.15) is 24.8 Å². The van der Waals surface area contributed by atoms with Gasteiger partial charge in [-0.2, -0.15) is 0 Å². The van der Waals surface area contributed by atoms with Gasteiger partial charge in [-0.3, -0.25) is 0 Å². The first kappa shape index (κ1) is 15.5. The minimum absolute atomic E-state index is 0.0938. The number of hydrogen-bond donors (Lipinski definition) is 1. The SMILES string of the molecule is CN(CCC1CCNCC1)S(=O)(=O)Cc1ccccc1. The van der Waals surface area contributed by atoms with E-state index in [4.69, 9.17) is 0 Å². The van der Waals surface area contributed by atoms with Crippen LogP contribution in [-0.2, 0) is 15.8 Å². The number of hydrogen-bond acceptors (Lipinski definition) is 3. The van der Waals surface area contributed by atoms with Crippen molar-refractivity contribution in [2.45, 2.75) is 25.0 Å². The third-order valence-corrected chi connectivity index (χ3v) is 5.81. The molecule has 0 aliphatic carbocycles. The molecule has 0 unspecified atom stereocenters. The van der Waals surface area contributed by atoms with Gasteiger partial charge in [0.2, 0.25) is 10.0 Å². The van der Waals surface area contributed by atoms with Crippen LogP contribution < -0.4 is 5.32 Å². The van der Waals surface area contributed by atoms with E-state index in [2.05, 4.69) is 5.32 Å². The highest BCUT2D eigenvalue weighted by Crippen LogP contribution is 2.17. The topological polar surface area (TPSA) is 49.4 Å². The first-order chi connectivity index (χ1) is 9.58. The molecule has 4 nitrogen and oxygen atoms in total. The number of nitrogens with one attached hydrogen (secondary N) is 1. The van der Waals surface area contributed by atoms with E-state index >= 15 is 0 Å². The Hall–Kier alpha value is -0.910. The summed E-state index contributed by atoms with van der Waals surface area (Å²) in [6.07, 6.45) is 3.28. The molecule has 1 aromatic carbocycles. The number of nitrogens with zero attached hydrogens (tertiary/aromatic N) is 1. The Kier molecular flexibility index (Phi) is 5.57. The van der Waals surface area contributed by atoms with Crippen LogP contribution in [0.25, 0.3) is 0 Å². The number of piperidine rings is 1. The summed E-state index contributed by atoms with van der Waals surface area (Å²) in [6.45, 7) is 2.75. The summed E-state index contributed by atoms with van der Waals surface area (Å²) in [6, 6.07) is 9.37. The van der Waals surface area contributed by atoms with Crippen LogP contribution in [0.15, 0.2) is 30.3 Å². The minimum Gasteiger partial charge on any atom is -0.317 e. The van der Waals surface area contributed by atoms with Crippen molar-refractivity contribution in [3.8, 4) is 0 Å². The lowest BCUT2D eigenvalue weighted by Crippen LogP contribution is -2.33. The van der Waals surface area contributed by atoms with Crippen LogP contribution in [0.5, 0.6) is 0 Å². The van der Waals surface area contributed by atoms with Gasteiger partial charge in [-0.15, -0.1) is 0 Å². The van der Waals surface area contributed by atoms with E-state index in [0.717, 1.165) is 37.9 Å². The zero-order valence-corrected chi connectivity index (χ0v) is 12.9. The molecule has 0 aromatic heterocycles. The Morgan fingerprint density at radius 3 is 2.50 bits per heavy atom. The van der Waals surface area contributed by atoms with Gasteiger partial charge in [0.25, 0.3) is 0 Å². The second-order valence-electron chi connectivity index (χ2n) is 5.55. The molecule has 2 rings (SSSR count). The predicted octanol–water partition coefficient (Wildman–Crippen LogP) is 1.84.